The van der Waals surface area contributed by atoms with E-state index in [-0.39, 0.29) is 6.42 Å². The van der Waals surface area contributed by atoms with Crippen LogP contribution in [-0.2, 0) is 4.79 Å². The molecule has 0 amide bonds. The largest absolute Gasteiger partial charge is 0.481 e. The summed E-state index contributed by atoms with van der Waals surface area (Å²) in [4.78, 5) is 18.2. The Bertz CT molecular complexity index is 279. The van der Waals surface area contributed by atoms with E-state index in [0.717, 1.165) is 23.6 Å². The molecule has 0 saturated carbocycles. The fourth-order valence-corrected chi connectivity index (χ4v) is 1.74. The molecule has 0 aliphatic carbocycles. The minimum absolute atomic E-state index is 0.251. The summed E-state index contributed by atoms with van der Waals surface area (Å²) < 4.78 is 0. The zero-order valence-electron chi connectivity index (χ0n) is 7.72. The summed E-state index contributed by atoms with van der Waals surface area (Å²) in [6.45, 7) is 0. The van der Waals surface area contributed by atoms with Gasteiger partial charge >= 0.3 is 5.97 Å². The van der Waals surface area contributed by atoms with Crippen LogP contribution in [0.25, 0.3) is 0 Å². The lowest BCUT2D eigenvalue weighted by Crippen LogP contribution is -1.94. The van der Waals surface area contributed by atoms with Crippen LogP contribution in [0.4, 0.5) is 0 Å². The van der Waals surface area contributed by atoms with E-state index in [4.69, 9.17) is 5.11 Å². The molecule has 0 spiro atoms. The van der Waals surface area contributed by atoms with Crippen LogP contribution in [0.3, 0.4) is 0 Å². The Labute approximate surface area is 86.8 Å². The first-order chi connectivity index (χ1) is 6.79. The van der Waals surface area contributed by atoms with Gasteiger partial charge in [-0.3, -0.25) is 9.78 Å². The Kier molecular flexibility index (Phi) is 4.99. The third-order valence-corrected chi connectivity index (χ3v) is 2.57. The van der Waals surface area contributed by atoms with Crippen LogP contribution in [0, 0.1) is 0 Å². The van der Waals surface area contributed by atoms with Gasteiger partial charge in [0.05, 0.1) is 6.20 Å². The molecule has 1 heterocycles. The third-order valence-electron chi connectivity index (χ3n) is 1.57. The van der Waals surface area contributed by atoms with Crippen molar-refractivity contribution in [2.75, 3.05) is 5.75 Å². The molecule has 1 aromatic heterocycles. The second-order valence-corrected chi connectivity index (χ2v) is 3.86. The second kappa shape index (κ2) is 6.37. The standard InChI is InChI=1S/C9H12N2O2S/c12-9(13)3-1-2-6-14-8-7-10-4-5-11-8/h4-5,7H,1-3,6H2,(H,12,13). The fourth-order valence-electron chi connectivity index (χ4n) is 0.915. The fraction of sp³-hybridized carbons (Fsp3) is 0.444. The SMILES string of the molecule is O=C(O)CCCCSc1cnccn1. The van der Waals surface area contributed by atoms with Crippen LogP contribution in [0.1, 0.15) is 19.3 Å². The quantitative estimate of drug-likeness (QED) is 0.575. The Morgan fingerprint density at radius 1 is 1.43 bits per heavy atom. The normalized spacial score (nSPS) is 10.0. The third kappa shape index (κ3) is 4.81. The van der Waals surface area contributed by atoms with Gasteiger partial charge in [0.15, 0.2) is 0 Å². The van der Waals surface area contributed by atoms with Crippen LogP contribution in [0.5, 0.6) is 0 Å². The maximum atomic E-state index is 10.2. The van der Waals surface area contributed by atoms with Crippen LogP contribution < -0.4 is 0 Å². The van der Waals surface area contributed by atoms with Gasteiger partial charge in [0, 0.05) is 18.8 Å². The molecular formula is C9H12N2O2S. The van der Waals surface area contributed by atoms with Gasteiger partial charge in [-0.05, 0) is 18.6 Å². The lowest BCUT2D eigenvalue weighted by molar-refractivity contribution is -0.137. The van der Waals surface area contributed by atoms with E-state index in [0.29, 0.717) is 0 Å². The molecule has 76 valence electrons. The molecule has 0 radical (unpaired) electrons. The van der Waals surface area contributed by atoms with E-state index in [9.17, 15) is 4.79 Å². The maximum absolute atomic E-state index is 10.2. The summed E-state index contributed by atoms with van der Waals surface area (Å²) in [5.41, 5.74) is 0. The van der Waals surface area contributed by atoms with Crippen molar-refractivity contribution in [1.29, 1.82) is 0 Å². The van der Waals surface area contributed by atoms with Crippen LogP contribution in [-0.4, -0.2) is 26.8 Å². The highest BCUT2D eigenvalue weighted by atomic mass is 32.2. The summed E-state index contributed by atoms with van der Waals surface area (Å²) in [6, 6.07) is 0. The number of hydrogen-bond acceptors (Lipinski definition) is 4. The Morgan fingerprint density at radius 2 is 2.29 bits per heavy atom. The van der Waals surface area contributed by atoms with Crippen molar-refractivity contribution in [3.63, 3.8) is 0 Å². The van der Waals surface area contributed by atoms with Gasteiger partial charge in [0.2, 0.25) is 0 Å². The Balaban J connectivity index is 2.08. The average Bonchev–Trinajstić information content (AvgIpc) is 2.18. The zero-order chi connectivity index (χ0) is 10.2. The van der Waals surface area contributed by atoms with Crippen LogP contribution >= 0.6 is 11.8 Å². The number of unbranched alkanes of at least 4 members (excludes halogenated alkanes) is 1. The first-order valence-corrected chi connectivity index (χ1v) is 5.38. The van der Waals surface area contributed by atoms with E-state index in [2.05, 4.69) is 9.97 Å². The molecule has 0 aromatic carbocycles. The van der Waals surface area contributed by atoms with Crippen molar-refractivity contribution < 1.29 is 9.90 Å². The van der Waals surface area contributed by atoms with Gasteiger partial charge in [-0.15, -0.1) is 11.8 Å². The number of carboxylic acids is 1. The van der Waals surface area contributed by atoms with E-state index >= 15 is 0 Å². The smallest absolute Gasteiger partial charge is 0.303 e. The highest BCUT2D eigenvalue weighted by molar-refractivity contribution is 7.99. The monoisotopic (exact) mass is 212 g/mol. The topological polar surface area (TPSA) is 63.1 Å². The van der Waals surface area contributed by atoms with Crippen molar-refractivity contribution in [3.8, 4) is 0 Å². The van der Waals surface area contributed by atoms with Crippen molar-refractivity contribution >= 4 is 17.7 Å². The number of thioether (sulfide) groups is 1. The molecule has 5 heteroatoms. The lowest BCUT2D eigenvalue weighted by atomic mass is 10.3. The molecule has 1 N–H and O–H groups in total. The number of rotatable bonds is 6. The maximum Gasteiger partial charge on any atom is 0.303 e. The number of carboxylic acid groups (broad SMARTS) is 1. The first-order valence-electron chi connectivity index (χ1n) is 4.39. The van der Waals surface area contributed by atoms with E-state index < -0.39 is 5.97 Å². The molecule has 0 unspecified atom stereocenters. The van der Waals surface area contributed by atoms with Gasteiger partial charge in [-0.25, -0.2) is 4.98 Å². The average molecular weight is 212 g/mol. The summed E-state index contributed by atoms with van der Waals surface area (Å²) in [7, 11) is 0. The molecule has 1 aromatic rings. The lowest BCUT2D eigenvalue weighted by Gasteiger charge is -1.98. The molecule has 0 saturated heterocycles. The van der Waals surface area contributed by atoms with Crippen LogP contribution in [0.2, 0.25) is 0 Å². The second-order valence-electron chi connectivity index (χ2n) is 2.74. The van der Waals surface area contributed by atoms with Gasteiger partial charge in [0.25, 0.3) is 0 Å². The highest BCUT2D eigenvalue weighted by Gasteiger charge is 1.98. The minimum Gasteiger partial charge on any atom is -0.481 e. The van der Waals surface area contributed by atoms with Crippen molar-refractivity contribution in [2.45, 2.75) is 24.3 Å². The highest BCUT2D eigenvalue weighted by Crippen LogP contribution is 2.15. The van der Waals surface area contributed by atoms with E-state index in [1.165, 1.54) is 0 Å². The summed E-state index contributed by atoms with van der Waals surface area (Å²) in [5, 5.41) is 9.29. The van der Waals surface area contributed by atoms with Crippen LogP contribution in [0.15, 0.2) is 23.6 Å². The number of carbonyl (C=O) groups is 1. The summed E-state index contributed by atoms with van der Waals surface area (Å²) in [5.74, 6) is 0.168. The zero-order valence-corrected chi connectivity index (χ0v) is 8.54. The molecule has 4 nitrogen and oxygen atoms in total. The van der Waals surface area contributed by atoms with E-state index in [1.54, 1.807) is 30.4 Å². The van der Waals surface area contributed by atoms with Gasteiger partial charge < -0.3 is 5.11 Å². The van der Waals surface area contributed by atoms with Gasteiger partial charge in [0.1, 0.15) is 5.03 Å². The number of nitrogens with zero attached hydrogens (tertiary/aromatic N) is 2. The predicted molar refractivity (Wildman–Crippen MR) is 54.2 cm³/mol. The number of aliphatic carboxylic acids is 1. The summed E-state index contributed by atoms with van der Waals surface area (Å²) in [6.07, 6.45) is 6.87. The van der Waals surface area contributed by atoms with Crippen molar-refractivity contribution in [1.82, 2.24) is 9.97 Å². The van der Waals surface area contributed by atoms with Gasteiger partial charge in [-0.2, -0.15) is 0 Å². The minimum atomic E-state index is -0.727. The van der Waals surface area contributed by atoms with Crippen molar-refractivity contribution in [3.05, 3.63) is 18.6 Å². The number of hydrogen-bond donors (Lipinski definition) is 1. The Hall–Kier alpha value is -1.10. The van der Waals surface area contributed by atoms with Gasteiger partial charge in [-0.1, -0.05) is 0 Å². The summed E-state index contributed by atoms with van der Waals surface area (Å²) >= 11 is 1.61. The van der Waals surface area contributed by atoms with E-state index in [1.807, 2.05) is 0 Å². The Morgan fingerprint density at radius 3 is 2.93 bits per heavy atom. The molecule has 0 fully saturated rings. The molecule has 0 bridgehead atoms. The number of aromatic nitrogens is 2. The molecule has 0 atom stereocenters. The molecule has 1 rings (SSSR count). The van der Waals surface area contributed by atoms with Crippen molar-refractivity contribution in [2.24, 2.45) is 0 Å². The molecule has 0 aliphatic rings. The molecular weight excluding hydrogens is 200 g/mol. The molecule has 0 aliphatic heterocycles. The first kappa shape index (κ1) is 11.0. The predicted octanol–water partition coefficient (Wildman–Crippen LogP) is 1.82. The molecule has 14 heavy (non-hydrogen) atoms.